The maximum Gasteiger partial charge on any atom is 0.269 e. The van der Waals surface area contributed by atoms with Gasteiger partial charge in [0.25, 0.3) is 5.91 Å². The van der Waals surface area contributed by atoms with Crippen LogP contribution in [-0.4, -0.2) is 22.2 Å². The quantitative estimate of drug-likeness (QED) is 0.261. The average molecular weight is 392 g/mol. The van der Waals surface area contributed by atoms with E-state index >= 15 is 0 Å². The fraction of sp³-hybridized carbons (Fsp3) is 0.833. The molecule has 0 saturated carbocycles. The van der Waals surface area contributed by atoms with Crippen LogP contribution in [0.3, 0.4) is 0 Å². The van der Waals surface area contributed by atoms with Crippen LogP contribution in [0.1, 0.15) is 127 Å². The first-order chi connectivity index (χ1) is 13.8. The van der Waals surface area contributed by atoms with E-state index in [1.54, 1.807) is 16.9 Å². The summed E-state index contributed by atoms with van der Waals surface area (Å²) in [6, 6.07) is 1.78. The van der Waals surface area contributed by atoms with Crippen molar-refractivity contribution in [2.45, 2.75) is 123 Å². The van der Waals surface area contributed by atoms with E-state index in [2.05, 4.69) is 17.3 Å². The number of nitrogens with zero attached hydrogens (tertiary/aromatic N) is 2. The number of aryl methyl sites for hydroxylation is 1. The van der Waals surface area contributed by atoms with Crippen LogP contribution in [0.4, 0.5) is 0 Å². The molecule has 0 unspecified atom stereocenters. The maximum atomic E-state index is 12.1. The molecule has 1 aromatic heterocycles. The first kappa shape index (κ1) is 24.7. The zero-order valence-electron chi connectivity index (χ0n) is 18.7. The molecule has 0 aliphatic carbocycles. The van der Waals surface area contributed by atoms with Crippen molar-refractivity contribution in [1.29, 1.82) is 0 Å². The van der Waals surface area contributed by atoms with Gasteiger partial charge in [0, 0.05) is 19.3 Å². The molecule has 28 heavy (non-hydrogen) atoms. The lowest BCUT2D eigenvalue weighted by atomic mass is 10.0. The number of nitrogens with one attached hydrogen (secondary N) is 1. The largest absolute Gasteiger partial charge is 0.351 e. The number of unbranched alkanes of at least 4 members (excludes halogenated alkanes) is 15. The van der Waals surface area contributed by atoms with Crippen molar-refractivity contribution in [3.63, 3.8) is 0 Å². The first-order valence-corrected chi connectivity index (χ1v) is 12.1. The number of rotatable bonds is 19. The topological polar surface area (TPSA) is 46.9 Å². The lowest BCUT2D eigenvalue weighted by molar-refractivity contribution is 0.0942. The molecule has 1 rings (SSSR count). The maximum absolute atomic E-state index is 12.1. The fourth-order valence-corrected chi connectivity index (χ4v) is 3.74. The van der Waals surface area contributed by atoms with E-state index in [0.29, 0.717) is 5.69 Å². The molecule has 1 amide bonds. The molecule has 0 fully saturated rings. The molecule has 0 spiro atoms. The number of hydrogen-bond acceptors (Lipinski definition) is 2. The Hall–Kier alpha value is -1.32. The minimum atomic E-state index is 0.000286. The summed E-state index contributed by atoms with van der Waals surface area (Å²) in [5, 5.41) is 7.15. The van der Waals surface area contributed by atoms with Gasteiger partial charge < -0.3 is 5.32 Å². The van der Waals surface area contributed by atoms with Gasteiger partial charge >= 0.3 is 0 Å². The monoisotopic (exact) mass is 391 g/mol. The second kappa shape index (κ2) is 17.8. The Morgan fingerprint density at radius 3 is 1.71 bits per heavy atom. The molecule has 4 nitrogen and oxygen atoms in total. The van der Waals surface area contributed by atoms with Gasteiger partial charge in [-0.3, -0.25) is 9.48 Å². The Balaban J connectivity index is 1.79. The van der Waals surface area contributed by atoms with Crippen LogP contribution in [0, 0.1) is 0 Å². The minimum absolute atomic E-state index is 0.000286. The molecule has 1 heterocycles. The van der Waals surface area contributed by atoms with Crippen LogP contribution < -0.4 is 5.32 Å². The van der Waals surface area contributed by atoms with Crippen LogP contribution >= 0.6 is 0 Å². The third-order valence-electron chi connectivity index (χ3n) is 5.56. The van der Waals surface area contributed by atoms with Gasteiger partial charge in [0.15, 0.2) is 0 Å². The summed E-state index contributed by atoms with van der Waals surface area (Å²) in [5.74, 6) is 0.000286. The van der Waals surface area contributed by atoms with Crippen LogP contribution in [-0.2, 0) is 6.54 Å². The van der Waals surface area contributed by atoms with E-state index in [-0.39, 0.29) is 5.91 Å². The van der Waals surface area contributed by atoms with Gasteiger partial charge in [-0.25, -0.2) is 0 Å². The summed E-state index contributed by atoms with van der Waals surface area (Å²) in [5.41, 5.74) is 0.666. The lowest BCUT2D eigenvalue weighted by Crippen LogP contribution is -2.27. The summed E-state index contributed by atoms with van der Waals surface area (Å²) in [6.45, 7) is 5.78. The van der Waals surface area contributed by atoms with Crippen LogP contribution in [0.2, 0.25) is 0 Å². The van der Waals surface area contributed by atoms with Gasteiger partial charge in [0.1, 0.15) is 5.69 Å². The fourth-order valence-electron chi connectivity index (χ4n) is 3.74. The molecule has 1 aromatic rings. The van der Waals surface area contributed by atoms with E-state index < -0.39 is 0 Å². The molecule has 0 saturated heterocycles. The average Bonchev–Trinajstić information content (AvgIpc) is 3.19. The minimum Gasteiger partial charge on any atom is -0.351 e. The van der Waals surface area contributed by atoms with Crippen molar-refractivity contribution in [1.82, 2.24) is 15.1 Å². The molecule has 1 N–H and O–H groups in total. The van der Waals surface area contributed by atoms with Gasteiger partial charge in [-0.1, -0.05) is 103 Å². The zero-order chi connectivity index (χ0) is 20.3. The van der Waals surface area contributed by atoms with Gasteiger partial charge in [0.2, 0.25) is 0 Å². The van der Waals surface area contributed by atoms with Gasteiger partial charge in [0.05, 0.1) is 0 Å². The van der Waals surface area contributed by atoms with Crippen molar-refractivity contribution in [3.05, 3.63) is 18.0 Å². The van der Waals surface area contributed by atoms with E-state index in [1.807, 2.05) is 6.92 Å². The molecule has 0 atom stereocenters. The Morgan fingerprint density at radius 2 is 1.25 bits per heavy atom. The highest BCUT2D eigenvalue weighted by atomic mass is 16.2. The third kappa shape index (κ3) is 12.2. The van der Waals surface area contributed by atoms with Crippen LogP contribution in [0.15, 0.2) is 12.3 Å². The standard InChI is InChI=1S/C24H45N3O/c1-3-5-6-7-8-9-10-11-12-13-14-15-16-17-18-19-21-25-24(28)23-20-22-26-27(23)4-2/h20,22H,3-19,21H2,1-2H3,(H,25,28). The Labute approximate surface area is 173 Å². The SMILES string of the molecule is CCCCCCCCCCCCCCCCCCNC(=O)c1ccnn1CC. The number of hydrogen-bond donors (Lipinski definition) is 1. The van der Waals surface area contributed by atoms with Gasteiger partial charge in [-0.05, 0) is 19.4 Å². The van der Waals surface area contributed by atoms with Crippen LogP contribution in [0.5, 0.6) is 0 Å². The number of amides is 1. The van der Waals surface area contributed by atoms with Crippen LogP contribution in [0.25, 0.3) is 0 Å². The number of carbonyl (C=O) groups excluding carboxylic acids is 1. The summed E-state index contributed by atoms with van der Waals surface area (Å²) in [6.07, 6.45) is 23.6. The van der Waals surface area contributed by atoms with Crippen molar-refractivity contribution in [2.24, 2.45) is 0 Å². The van der Waals surface area contributed by atoms with Gasteiger partial charge in [-0.15, -0.1) is 0 Å². The smallest absolute Gasteiger partial charge is 0.269 e. The Bertz CT molecular complexity index is 484. The first-order valence-electron chi connectivity index (χ1n) is 12.1. The second-order valence-corrected chi connectivity index (χ2v) is 8.09. The highest BCUT2D eigenvalue weighted by molar-refractivity contribution is 5.92. The van der Waals surface area contributed by atoms with E-state index in [1.165, 1.54) is 96.3 Å². The normalized spacial score (nSPS) is 11.1. The highest BCUT2D eigenvalue weighted by Gasteiger charge is 2.09. The van der Waals surface area contributed by atoms with E-state index in [4.69, 9.17) is 0 Å². The number of aromatic nitrogens is 2. The molecule has 0 aliphatic heterocycles. The molecule has 162 valence electrons. The van der Waals surface area contributed by atoms with Crippen molar-refractivity contribution in [2.75, 3.05) is 6.54 Å². The predicted molar refractivity (Wildman–Crippen MR) is 120 cm³/mol. The van der Waals surface area contributed by atoms with Crippen molar-refractivity contribution >= 4 is 5.91 Å². The van der Waals surface area contributed by atoms with Crippen molar-refractivity contribution in [3.8, 4) is 0 Å². The molecular weight excluding hydrogens is 346 g/mol. The van der Waals surface area contributed by atoms with Crippen molar-refractivity contribution < 1.29 is 4.79 Å². The zero-order valence-corrected chi connectivity index (χ0v) is 18.7. The second-order valence-electron chi connectivity index (χ2n) is 8.09. The summed E-state index contributed by atoms with van der Waals surface area (Å²) < 4.78 is 1.74. The molecule has 0 bridgehead atoms. The Kier molecular flexibility index (Phi) is 15.7. The molecule has 0 aliphatic rings. The lowest BCUT2D eigenvalue weighted by Gasteiger charge is -2.07. The number of carbonyl (C=O) groups is 1. The predicted octanol–water partition coefficient (Wildman–Crippen LogP) is 6.89. The molecule has 0 aromatic carbocycles. The highest BCUT2D eigenvalue weighted by Crippen LogP contribution is 2.13. The summed E-state index contributed by atoms with van der Waals surface area (Å²) in [4.78, 5) is 12.1. The third-order valence-corrected chi connectivity index (χ3v) is 5.56. The summed E-state index contributed by atoms with van der Waals surface area (Å²) in [7, 11) is 0. The van der Waals surface area contributed by atoms with Gasteiger partial charge in [-0.2, -0.15) is 5.10 Å². The molecule has 4 heteroatoms. The van der Waals surface area contributed by atoms with E-state index in [0.717, 1.165) is 19.5 Å². The molecule has 0 radical (unpaired) electrons. The Morgan fingerprint density at radius 1 is 0.786 bits per heavy atom. The van der Waals surface area contributed by atoms with E-state index in [9.17, 15) is 4.79 Å². The molecular formula is C24H45N3O. The summed E-state index contributed by atoms with van der Waals surface area (Å²) >= 11 is 0.